The number of sulfone groups is 1. The molecule has 1 aliphatic carbocycles. The van der Waals surface area contributed by atoms with Crippen LogP contribution in [0.15, 0.2) is 46.2 Å². The van der Waals surface area contributed by atoms with Gasteiger partial charge in [-0.1, -0.05) is 38.1 Å². The number of allylic oxidation sites excluding steroid dienone is 1. The summed E-state index contributed by atoms with van der Waals surface area (Å²) >= 11 is 0. The Bertz CT molecular complexity index is 546. The van der Waals surface area contributed by atoms with E-state index < -0.39 is 15.9 Å². The molecule has 0 fully saturated rings. The average molecular weight is 266 g/mol. The van der Waals surface area contributed by atoms with Gasteiger partial charge in [-0.2, -0.15) is 0 Å². The maximum absolute atomic E-state index is 12.5. The summed E-state index contributed by atoms with van der Waals surface area (Å²) < 4.78 is 24.9. The summed E-state index contributed by atoms with van der Waals surface area (Å²) in [7, 11) is -3.47. The molecule has 0 radical (unpaired) electrons. The van der Waals surface area contributed by atoms with E-state index in [4.69, 9.17) is 0 Å². The molecule has 3 nitrogen and oxygen atoms in total. The molecule has 4 heteroatoms. The van der Waals surface area contributed by atoms with E-state index in [2.05, 4.69) is 0 Å². The Morgan fingerprint density at radius 1 is 1.17 bits per heavy atom. The van der Waals surface area contributed by atoms with Gasteiger partial charge < -0.3 is 5.11 Å². The third-order valence-corrected chi connectivity index (χ3v) is 5.65. The van der Waals surface area contributed by atoms with E-state index in [9.17, 15) is 13.5 Å². The van der Waals surface area contributed by atoms with Crippen molar-refractivity contribution in [2.24, 2.45) is 11.8 Å². The predicted molar refractivity (Wildman–Crippen MR) is 70.7 cm³/mol. The van der Waals surface area contributed by atoms with Gasteiger partial charge in [-0.25, -0.2) is 8.42 Å². The number of aliphatic hydroxyl groups excluding tert-OH is 1. The molecular formula is C14H18O3S. The highest BCUT2D eigenvalue weighted by atomic mass is 32.2. The van der Waals surface area contributed by atoms with Crippen molar-refractivity contribution >= 4 is 9.84 Å². The highest BCUT2D eigenvalue weighted by Crippen LogP contribution is 2.35. The number of hydrogen-bond acceptors (Lipinski definition) is 3. The first-order valence-corrected chi connectivity index (χ1v) is 7.61. The van der Waals surface area contributed by atoms with Crippen molar-refractivity contribution < 1.29 is 13.5 Å². The molecule has 0 unspecified atom stereocenters. The van der Waals surface area contributed by atoms with Crippen LogP contribution in [-0.4, -0.2) is 19.6 Å². The van der Waals surface area contributed by atoms with Crippen molar-refractivity contribution in [1.29, 1.82) is 0 Å². The molecule has 98 valence electrons. The number of benzene rings is 1. The lowest BCUT2D eigenvalue weighted by atomic mass is 9.86. The minimum Gasteiger partial charge on any atom is -0.392 e. The Morgan fingerprint density at radius 2 is 1.78 bits per heavy atom. The van der Waals surface area contributed by atoms with Crippen molar-refractivity contribution in [2.45, 2.75) is 31.3 Å². The van der Waals surface area contributed by atoms with Gasteiger partial charge in [0.25, 0.3) is 0 Å². The number of hydrogen-bond donors (Lipinski definition) is 1. The van der Waals surface area contributed by atoms with E-state index in [0.29, 0.717) is 16.2 Å². The van der Waals surface area contributed by atoms with Crippen LogP contribution in [0.5, 0.6) is 0 Å². The van der Waals surface area contributed by atoms with Gasteiger partial charge in [-0.15, -0.1) is 0 Å². The summed E-state index contributed by atoms with van der Waals surface area (Å²) in [6.07, 6.45) is 1.76. The minimum atomic E-state index is -3.47. The lowest BCUT2D eigenvalue weighted by Gasteiger charge is -2.30. The SMILES string of the molecule is C[C@@H]1CC=C(S(=O)(=O)c2ccccc2)[C@@H](C)[C@H]1O. The fourth-order valence-corrected chi connectivity index (χ4v) is 4.11. The van der Waals surface area contributed by atoms with Crippen LogP contribution in [0.3, 0.4) is 0 Å². The zero-order chi connectivity index (χ0) is 13.3. The molecule has 0 saturated heterocycles. The van der Waals surface area contributed by atoms with Gasteiger partial charge in [-0.3, -0.25) is 0 Å². The van der Waals surface area contributed by atoms with Crippen molar-refractivity contribution in [3.8, 4) is 0 Å². The third-order valence-electron chi connectivity index (χ3n) is 3.60. The van der Waals surface area contributed by atoms with Gasteiger partial charge in [-0.05, 0) is 24.5 Å². The molecule has 0 aliphatic heterocycles. The van der Waals surface area contributed by atoms with Crippen molar-refractivity contribution in [3.63, 3.8) is 0 Å². The van der Waals surface area contributed by atoms with Crippen LogP contribution in [0, 0.1) is 11.8 Å². The molecule has 1 aliphatic rings. The van der Waals surface area contributed by atoms with Crippen molar-refractivity contribution in [1.82, 2.24) is 0 Å². The first-order chi connectivity index (χ1) is 8.44. The summed E-state index contributed by atoms with van der Waals surface area (Å²) in [4.78, 5) is 0.643. The highest BCUT2D eigenvalue weighted by molar-refractivity contribution is 7.95. The maximum atomic E-state index is 12.5. The van der Waals surface area contributed by atoms with Gasteiger partial charge in [0.2, 0.25) is 9.84 Å². The third kappa shape index (κ3) is 2.22. The summed E-state index contributed by atoms with van der Waals surface area (Å²) in [5.41, 5.74) is 0. The lowest BCUT2D eigenvalue weighted by Crippen LogP contribution is -2.32. The molecule has 0 aromatic heterocycles. The smallest absolute Gasteiger partial charge is 0.202 e. The number of rotatable bonds is 2. The summed E-state index contributed by atoms with van der Waals surface area (Å²) in [6, 6.07) is 8.38. The van der Waals surface area contributed by atoms with Gasteiger partial charge in [0.05, 0.1) is 15.9 Å². The average Bonchev–Trinajstić information content (AvgIpc) is 2.37. The second-order valence-corrected chi connectivity index (χ2v) is 6.86. The molecule has 1 N–H and O–H groups in total. The Hall–Kier alpha value is -1.13. The van der Waals surface area contributed by atoms with E-state index in [1.54, 1.807) is 43.3 Å². The van der Waals surface area contributed by atoms with E-state index in [0.717, 1.165) is 0 Å². The van der Waals surface area contributed by atoms with Gasteiger partial charge in [0.15, 0.2) is 0 Å². The zero-order valence-electron chi connectivity index (χ0n) is 10.6. The zero-order valence-corrected chi connectivity index (χ0v) is 11.4. The quantitative estimate of drug-likeness (QED) is 0.894. The molecule has 3 atom stereocenters. The second-order valence-electron chi connectivity index (χ2n) is 4.92. The van der Waals surface area contributed by atoms with E-state index in [1.165, 1.54) is 0 Å². The fourth-order valence-electron chi connectivity index (χ4n) is 2.38. The second kappa shape index (κ2) is 4.86. The van der Waals surface area contributed by atoms with Gasteiger partial charge in [0.1, 0.15) is 0 Å². The monoisotopic (exact) mass is 266 g/mol. The molecule has 0 spiro atoms. The topological polar surface area (TPSA) is 54.4 Å². The van der Waals surface area contributed by atoms with Crippen LogP contribution in [0.4, 0.5) is 0 Å². The molecule has 18 heavy (non-hydrogen) atoms. The van der Waals surface area contributed by atoms with E-state index >= 15 is 0 Å². The van der Waals surface area contributed by atoms with Crippen LogP contribution in [0.2, 0.25) is 0 Å². The molecule has 0 amide bonds. The molecule has 1 aromatic rings. The summed E-state index contributed by atoms with van der Waals surface area (Å²) in [5, 5.41) is 10.0. The molecule has 0 saturated carbocycles. The van der Waals surface area contributed by atoms with Gasteiger partial charge in [0, 0.05) is 5.92 Å². The van der Waals surface area contributed by atoms with Gasteiger partial charge >= 0.3 is 0 Å². The summed E-state index contributed by atoms with van der Waals surface area (Å²) in [5.74, 6) is -0.242. The first kappa shape index (κ1) is 13.3. The summed E-state index contributed by atoms with van der Waals surface area (Å²) in [6.45, 7) is 3.70. The minimum absolute atomic E-state index is 0.106. The standard InChI is InChI=1S/C14H18O3S/c1-10-8-9-13(11(2)14(10)15)18(16,17)12-6-4-3-5-7-12/h3-7,9-11,14-15H,8H2,1-2H3/t10-,11-,14+/m1/s1. The largest absolute Gasteiger partial charge is 0.392 e. The van der Waals surface area contributed by atoms with Crippen molar-refractivity contribution in [3.05, 3.63) is 41.3 Å². The molecule has 1 aromatic carbocycles. The Morgan fingerprint density at radius 3 is 2.39 bits per heavy atom. The molecule has 2 rings (SSSR count). The lowest BCUT2D eigenvalue weighted by molar-refractivity contribution is 0.0758. The normalized spacial score (nSPS) is 28.8. The Kier molecular flexibility index (Phi) is 3.59. The Labute approximate surface area is 108 Å². The first-order valence-electron chi connectivity index (χ1n) is 6.13. The Balaban J connectivity index is 2.43. The molecular weight excluding hydrogens is 248 g/mol. The van der Waals surface area contributed by atoms with Crippen LogP contribution in [0.25, 0.3) is 0 Å². The molecule has 0 bridgehead atoms. The highest BCUT2D eigenvalue weighted by Gasteiger charge is 2.34. The van der Waals surface area contributed by atoms with Crippen LogP contribution < -0.4 is 0 Å². The van der Waals surface area contributed by atoms with Crippen LogP contribution in [0.1, 0.15) is 20.3 Å². The van der Waals surface area contributed by atoms with Crippen molar-refractivity contribution in [2.75, 3.05) is 0 Å². The fraction of sp³-hybridized carbons (Fsp3) is 0.429. The van der Waals surface area contributed by atoms with E-state index in [-0.39, 0.29) is 11.8 Å². The van der Waals surface area contributed by atoms with Crippen LogP contribution >= 0.6 is 0 Å². The number of aliphatic hydroxyl groups is 1. The van der Waals surface area contributed by atoms with E-state index in [1.807, 2.05) is 6.92 Å². The predicted octanol–water partition coefficient (Wildman–Crippen LogP) is 2.38. The molecule has 0 heterocycles. The maximum Gasteiger partial charge on any atom is 0.202 e. The van der Waals surface area contributed by atoms with Crippen LogP contribution in [-0.2, 0) is 9.84 Å².